The first-order valence-electron chi connectivity index (χ1n) is 8.09. The molecular weight excluding hydrogens is 372 g/mol. The maximum absolute atomic E-state index is 12.2. The number of carbonyl (C=O) groups excluding carboxylic acids is 2. The maximum Gasteiger partial charge on any atom is 0.316 e. The van der Waals surface area contributed by atoms with Crippen molar-refractivity contribution in [2.24, 2.45) is 5.10 Å². The van der Waals surface area contributed by atoms with Crippen LogP contribution in [0.5, 0.6) is 0 Å². The van der Waals surface area contributed by atoms with Gasteiger partial charge in [-0.05, 0) is 29.8 Å². The van der Waals surface area contributed by atoms with Crippen LogP contribution in [0.4, 0.5) is 0 Å². The van der Waals surface area contributed by atoms with Gasteiger partial charge in [0.15, 0.2) is 6.61 Å². The number of hydrogen-bond acceptors (Lipinski definition) is 5. The molecule has 0 N–H and O–H groups in total. The Kier molecular flexibility index (Phi) is 6.30. The van der Waals surface area contributed by atoms with Gasteiger partial charge >= 0.3 is 5.97 Å². The van der Waals surface area contributed by atoms with Gasteiger partial charge in [-0.3, -0.25) is 9.59 Å². The Labute approximate surface area is 161 Å². The van der Waals surface area contributed by atoms with Crippen molar-refractivity contribution in [1.82, 2.24) is 5.01 Å². The monoisotopic (exact) mass is 388 g/mol. The predicted octanol–water partition coefficient (Wildman–Crippen LogP) is 3.61. The molecule has 1 aliphatic rings. The van der Waals surface area contributed by atoms with E-state index in [0.29, 0.717) is 18.0 Å². The van der Waals surface area contributed by atoms with Gasteiger partial charge in [-0.1, -0.05) is 41.9 Å². The van der Waals surface area contributed by atoms with Gasteiger partial charge in [0.25, 0.3) is 5.91 Å². The molecule has 7 heteroatoms. The van der Waals surface area contributed by atoms with E-state index in [1.54, 1.807) is 12.1 Å². The number of rotatable bonds is 6. The van der Waals surface area contributed by atoms with Crippen LogP contribution in [0.3, 0.4) is 0 Å². The lowest BCUT2D eigenvalue weighted by atomic mass is 10.1. The van der Waals surface area contributed by atoms with Gasteiger partial charge in [-0.25, -0.2) is 5.01 Å². The Bertz CT molecular complexity index is 809. The molecule has 0 fully saturated rings. The van der Waals surface area contributed by atoms with E-state index in [4.69, 9.17) is 16.3 Å². The van der Waals surface area contributed by atoms with E-state index in [1.807, 2.05) is 42.5 Å². The lowest BCUT2D eigenvalue weighted by Gasteiger charge is -2.11. The number of carbonyl (C=O) groups is 2. The van der Waals surface area contributed by atoms with Crippen molar-refractivity contribution in [3.05, 3.63) is 65.2 Å². The molecule has 1 aliphatic heterocycles. The van der Waals surface area contributed by atoms with Gasteiger partial charge in [0.1, 0.15) is 0 Å². The molecule has 0 spiro atoms. The van der Waals surface area contributed by atoms with E-state index >= 15 is 0 Å². The average Bonchev–Trinajstić information content (AvgIpc) is 3.17. The molecule has 0 aliphatic carbocycles. The average molecular weight is 389 g/mol. The van der Waals surface area contributed by atoms with Gasteiger partial charge < -0.3 is 4.74 Å². The Hall–Kier alpha value is -2.31. The molecule has 0 unspecified atom stereocenters. The summed E-state index contributed by atoms with van der Waals surface area (Å²) in [5, 5.41) is 6.33. The normalized spacial score (nSPS) is 13.4. The zero-order valence-electron chi connectivity index (χ0n) is 13.9. The first-order chi connectivity index (χ1) is 12.6. The molecule has 1 heterocycles. The maximum atomic E-state index is 12.2. The summed E-state index contributed by atoms with van der Waals surface area (Å²) in [5.41, 5.74) is 1.86. The molecule has 0 saturated heterocycles. The summed E-state index contributed by atoms with van der Waals surface area (Å²) < 4.78 is 5.06. The number of halogens is 1. The second kappa shape index (κ2) is 8.87. The summed E-state index contributed by atoms with van der Waals surface area (Å²) in [6.45, 7) is 0.200. The van der Waals surface area contributed by atoms with Gasteiger partial charge in [-0.15, -0.1) is 11.8 Å². The molecule has 0 atom stereocenters. The summed E-state index contributed by atoms with van der Waals surface area (Å²) in [6, 6.07) is 16.9. The molecule has 2 aromatic carbocycles. The van der Waals surface area contributed by atoms with E-state index in [9.17, 15) is 9.59 Å². The number of ether oxygens (including phenoxy) is 1. The quantitative estimate of drug-likeness (QED) is 0.560. The molecular formula is C19H17ClN2O3S. The molecule has 134 valence electrons. The number of hydrazone groups is 1. The molecule has 0 saturated carbocycles. The second-order valence-electron chi connectivity index (χ2n) is 5.58. The standard InChI is InChI=1S/C19H17ClN2O3S/c20-15-6-8-16(9-7-15)26-13-19(24)25-12-18(23)22-11-10-17(21-22)14-4-2-1-3-5-14/h1-9H,10-13H2. The number of hydrogen-bond donors (Lipinski definition) is 0. The van der Waals surface area contributed by atoms with Crippen LogP contribution in [0, 0.1) is 0 Å². The molecule has 0 radical (unpaired) electrons. The van der Waals surface area contributed by atoms with Crippen LogP contribution in [0.2, 0.25) is 5.02 Å². The van der Waals surface area contributed by atoms with Crippen LogP contribution < -0.4 is 0 Å². The minimum Gasteiger partial charge on any atom is -0.455 e. The third kappa shape index (κ3) is 5.09. The van der Waals surface area contributed by atoms with Gasteiger partial charge in [0.05, 0.1) is 18.0 Å². The third-order valence-corrected chi connectivity index (χ3v) is 4.96. The van der Waals surface area contributed by atoms with Crippen molar-refractivity contribution in [2.45, 2.75) is 11.3 Å². The van der Waals surface area contributed by atoms with E-state index < -0.39 is 5.97 Å². The first-order valence-corrected chi connectivity index (χ1v) is 9.45. The summed E-state index contributed by atoms with van der Waals surface area (Å²) in [7, 11) is 0. The predicted molar refractivity (Wildman–Crippen MR) is 102 cm³/mol. The molecule has 1 amide bonds. The molecule has 3 rings (SSSR count). The highest BCUT2D eigenvalue weighted by Crippen LogP contribution is 2.20. The molecule has 5 nitrogen and oxygen atoms in total. The van der Waals surface area contributed by atoms with Crippen molar-refractivity contribution in [1.29, 1.82) is 0 Å². The van der Waals surface area contributed by atoms with Crippen molar-refractivity contribution in [3.8, 4) is 0 Å². The lowest BCUT2D eigenvalue weighted by Crippen LogP contribution is -2.29. The molecule has 26 heavy (non-hydrogen) atoms. The minimum absolute atomic E-state index is 0.132. The smallest absolute Gasteiger partial charge is 0.316 e. The summed E-state index contributed by atoms with van der Waals surface area (Å²) in [5.74, 6) is -0.626. The highest BCUT2D eigenvalue weighted by atomic mass is 35.5. The van der Waals surface area contributed by atoms with Crippen LogP contribution in [-0.4, -0.2) is 41.5 Å². The fourth-order valence-electron chi connectivity index (χ4n) is 2.40. The Morgan fingerprint density at radius 3 is 2.58 bits per heavy atom. The summed E-state index contributed by atoms with van der Waals surface area (Å²) >= 11 is 7.15. The first kappa shape index (κ1) is 18.5. The third-order valence-electron chi connectivity index (χ3n) is 3.72. The topological polar surface area (TPSA) is 59.0 Å². The second-order valence-corrected chi connectivity index (χ2v) is 7.07. The van der Waals surface area contributed by atoms with Crippen molar-refractivity contribution >= 4 is 41.0 Å². The van der Waals surface area contributed by atoms with E-state index in [1.165, 1.54) is 16.8 Å². The molecule has 0 aromatic heterocycles. The Morgan fingerprint density at radius 2 is 1.85 bits per heavy atom. The number of thioether (sulfide) groups is 1. The summed E-state index contributed by atoms with van der Waals surface area (Å²) in [6.07, 6.45) is 0.691. The number of amides is 1. The minimum atomic E-state index is -0.440. The van der Waals surface area contributed by atoms with Crippen LogP contribution in [0.15, 0.2) is 64.6 Å². The highest BCUT2D eigenvalue weighted by Gasteiger charge is 2.22. The largest absolute Gasteiger partial charge is 0.455 e. The number of nitrogens with zero attached hydrogens (tertiary/aromatic N) is 2. The van der Waals surface area contributed by atoms with E-state index in [0.717, 1.165) is 16.2 Å². The molecule has 0 bridgehead atoms. The van der Waals surface area contributed by atoms with Gasteiger partial charge in [0, 0.05) is 16.3 Å². The van der Waals surface area contributed by atoms with Gasteiger partial charge in [0.2, 0.25) is 0 Å². The van der Waals surface area contributed by atoms with Crippen molar-refractivity contribution in [2.75, 3.05) is 18.9 Å². The van der Waals surface area contributed by atoms with Crippen LogP contribution >= 0.6 is 23.4 Å². The van der Waals surface area contributed by atoms with Crippen molar-refractivity contribution in [3.63, 3.8) is 0 Å². The van der Waals surface area contributed by atoms with E-state index in [-0.39, 0.29) is 18.3 Å². The van der Waals surface area contributed by atoms with Crippen molar-refractivity contribution < 1.29 is 14.3 Å². The van der Waals surface area contributed by atoms with Gasteiger partial charge in [-0.2, -0.15) is 5.10 Å². The SMILES string of the molecule is O=C(CSc1ccc(Cl)cc1)OCC(=O)N1CCC(c2ccccc2)=N1. The lowest BCUT2D eigenvalue weighted by molar-refractivity contribution is -0.149. The number of benzene rings is 2. The van der Waals surface area contributed by atoms with Crippen LogP contribution in [0.1, 0.15) is 12.0 Å². The summed E-state index contributed by atoms with van der Waals surface area (Å²) in [4.78, 5) is 24.9. The Balaban J connectivity index is 1.44. The Morgan fingerprint density at radius 1 is 1.12 bits per heavy atom. The fourth-order valence-corrected chi connectivity index (χ4v) is 3.22. The zero-order chi connectivity index (χ0) is 18.4. The highest BCUT2D eigenvalue weighted by molar-refractivity contribution is 8.00. The van der Waals surface area contributed by atoms with Crippen LogP contribution in [0.25, 0.3) is 0 Å². The number of esters is 1. The fraction of sp³-hybridized carbons (Fsp3) is 0.211. The van der Waals surface area contributed by atoms with E-state index in [2.05, 4.69) is 5.10 Å². The molecule has 2 aromatic rings. The zero-order valence-corrected chi connectivity index (χ0v) is 15.5. The van der Waals surface area contributed by atoms with Crippen LogP contribution in [-0.2, 0) is 14.3 Å².